The van der Waals surface area contributed by atoms with Crippen LogP contribution in [-0.4, -0.2) is 10.1 Å². The first-order valence-corrected chi connectivity index (χ1v) is 9.78. The van der Waals surface area contributed by atoms with E-state index in [0.29, 0.717) is 21.8 Å². The molecule has 2 aromatic carbocycles. The van der Waals surface area contributed by atoms with Crippen molar-refractivity contribution in [1.82, 2.24) is 0 Å². The number of hydrogen-bond acceptors (Lipinski definition) is 3. The number of pyridine rings is 1. The maximum absolute atomic E-state index is 13.4. The molecule has 0 spiro atoms. The zero-order valence-corrected chi connectivity index (χ0v) is 17.6. The van der Waals surface area contributed by atoms with Crippen LogP contribution in [0.1, 0.15) is 27.8 Å². The fourth-order valence-corrected chi connectivity index (χ4v) is 3.26. The largest absolute Gasteiger partial charge is 0.867 e. The van der Waals surface area contributed by atoms with Crippen molar-refractivity contribution in [3.8, 4) is 0 Å². The van der Waals surface area contributed by atoms with Gasteiger partial charge in [0.15, 0.2) is 17.4 Å². The minimum absolute atomic E-state index is 0.121. The van der Waals surface area contributed by atoms with Gasteiger partial charge in [0, 0.05) is 17.3 Å². The highest BCUT2D eigenvalue weighted by atomic mass is 32.1. The Bertz CT molecular complexity index is 1070. The molecular weight excluding hydrogens is 380 g/mol. The average molecular weight is 405 g/mol. The third-order valence-electron chi connectivity index (χ3n) is 4.81. The monoisotopic (exact) mass is 404 g/mol. The van der Waals surface area contributed by atoms with E-state index in [0.717, 1.165) is 22.4 Å². The van der Waals surface area contributed by atoms with E-state index in [4.69, 9.17) is 12.2 Å². The van der Waals surface area contributed by atoms with Gasteiger partial charge in [0.1, 0.15) is 0 Å². The SMILES string of the molecule is Cc1ccc(NC(=S)/C(=C(\[O-])c2ccc(C)c(C)c2)[n+]2cccc(CO)c2)cc1. The number of aryl methyl sites for hydroxylation is 3. The van der Waals surface area contributed by atoms with Gasteiger partial charge < -0.3 is 15.5 Å². The Kier molecular flexibility index (Phi) is 6.42. The van der Waals surface area contributed by atoms with Crippen LogP contribution in [0.4, 0.5) is 5.69 Å². The van der Waals surface area contributed by atoms with Gasteiger partial charge in [-0.05, 0) is 61.4 Å². The molecule has 4 nitrogen and oxygen atoms in total. The second kappa shape index (κ2) is 8.99. The number of nitrogens with zero attached hydrogens (tertiary/aromatic N) is 1. The van der Waals surface area contributed by atoms with Gasteiger partial charge in [0.2, 0.25) is 5.70 Å². The van der Waals surface area contributed by atoms with Crippen molar-refractivity contribution >= 4 is 34.3 Å². The van der Waals surface area contributed by atoms with E-state index < -0.39 is 0 Å². The normalized spacial score (nSPS) is 11.7. The van der Waals surface area contributed by atoms with Gasteiger partial charge in [-0.15, -0.1) is 0 Å². The third-order valence-corrected chi connectivity index (χ3v) is 5.11. The van der Waals surface area contributed by atoms with E-state index in [1.165, 1.54) is 0 Å². The zero-order valence-electron chi connectivity index (χ0n) is 16.8. The van der Waals surface area contributed by atoms with Crippen molar-refractivity contribution in [2.45, 2.75) is 27.4 Å². The third kappa shape index (κ3) is 4.88. The maximum Gasteiger partial charge on any atom is 0.238 e. The average Bonchev–Trinajstić information content (AvgIpc) is 2.72. The van der Waals surface area contributed by atoms with Gasteiger partial charge in [-0.2, -0.15) is 4.57 Å². The van der Waals surface area contributed by atoms with Crippen LogP contribution >= 0.6 is 12.2 Å². The molecule has 3 rings (SSSR count). The summed E-state index contributed by atoms with van der Waals surface area (Å²) in [7, 11) is 0. The molecule has 0 unspecified atom stereocenters. The lowest BCUT2D eigenvalue weighted by molar-refractivity contribution is -0.578. The topological polar surface area (TPSA) is 59.2 Å². The summed E-state index contributed by atoms with van der Waals surface area (Å²) in [6, 6.07) is 17.0. The molecule has 0 radical (unpaired) electrons. The lowest BCUT2D eigenvalue weighted by Gasteiger charge is -2.18. The summed E-state index contributed by atoms with van der Waals surface area (Å²) >= 11 is 5.63. The highest BCUT2D eigenvalue weighted by Crippen LogP contribution is 2.20. The first-order chi connectivity index (χ1) is 13.9. The maximum atomic E-state index is 13.4. The molecule has 1 aromatic heterocycles. The Morgan fingerprint density at radius 2 is 1.76 bits per heavy atom. The number of aliphatic hydroxyl groups is 1. The van der Waals surface area contributed by atoms with Gasteiger partial charge in [0.25, 0.3) is 0 Å². The van der Waals surface area contributed by atoms with E-state index in [-0.39, 0.29) is 12.4 Å². The fourth-order valence-electron chi connectivity index (χ4n) is 2.94. The van der Waals surface area contributed by atoms with Crippen molar-refractivity contribution in [1.29, 1.82) is 0 Å². The Balaban J connectivity index is 2.10. The number of nitrogens with one attached hydrogen (secondary N) is 1. The van der Waals surface area contributed by atoms with Crippen LogP contribution in [0.15, 0.2) is 67.0 Å². The number of rotatable bonds is 5. The zero-order chi connectivity index (χ0) is 21.0. The van der Waals surface area contributed by atoms with Gasteiger partial charge in [0.05, 0.1) is 6.61 Å². The lowest BCUT2D eigenvalue weighted by Crippen LogP contribution is -2.40. The number of thiocarbonyl (C=S) groups is 1. The van der Waals surface area contributed by atoms with Crippen LogP contribution in [0.3, 0.4) is 0 Å². The molecule has 0 atom stereocenters. The highest BCUT2D eigenvalue weighted by molar-refractivity contribution is 7.81. The Labute approximate surface area is 176 Å². The molecule has 0 bridgehead atoms. The summed E-state index contributed by atoms with van der Waals surface area (Å²) in [6.07, 6.45) is 3.48. The van der Waals surface area contributed by atoms with Crippen LogP contribution in [0.2, 0.25) is 0 Å². The number of hydrogen-bond donors (Lipinski definition) is 2. The van der Waals surface area contributed by atoms with Crippen molar-refractivity contribution in [3.63, 3.8) is 0 Å². The highest BCUT2D eigenvalue weighted by Gasteiger charge is 2.19. The van der Waals surface area contributed by atoms with Gasteiger partial charge in [-0.25, -0.2) is 0 Å². The van der Waals surface area contributed by atoms with E-state index in [2.05, 4.69) is 5.32 Å². The van der Waals surface area contributed by atoms with Crippen molar-refractivity contribution in [2.75, 3.05) is 5.32 Å². The minimum Gasteiger partial charge on any atom is -0.867 e. The van der Waals surface area contributed by atoms with Crippen LogP contribution in [0.25, 0.3) is 11.5 Å². The van der Waals surface area contributed by atoms with Crippen LogP contribution in [0, 0.1) is 20.8 Å². The molecule has 0 aliphatic carbocycles. The molecule has 29 heavy (non-hydrogen) atoms. The smallest absolute Gasteiger partial charge is 0.238 e. The number of anilines is 1. The molecular formula is C24H24N2O2S. The second-order valence-corrected chi connectivity index (χ2v) is 7.48. The van der Waals surface area contributed by atoms with Crippen molar-refractivity contribution in [3.05, 3.63) is 94.8 Å². The predicted octanol–water partition coefficient (Wildman–Crippen LogP) is 3.52. The fraction of sp³-hybridized carbons (Fsp3) is 0.167. The molecule has 2 N–H and O–H groups in total. The van der Waals surface area contributed by atoms with Crippen molar-refractivity contribution < 1.29 is 14.8 Å². The second-order valence-electron chi connectivity index (χ2n) is 7.07. The van der Waals surface area contributed by atoms with Gasteiger partial charge in [-0.3, -0.25) is 0 Å². The van der Waals surface area contributed by atoms with E-state index >= 15 is 0 Å². The molecule has 148 valence electrons. The number of benzene rings is 2. The summed E-state index contributed by atoms with van der Waals surface area (Å²) in [6.45, 7) is 5.88. The summed E-state index contributed by atoms with van der Waals surface area (Å²) in [5.74, 6) is -0.183. The summed E-state index contributed by atoms with van der Waals surface area (Å²) in [5.41, 5.74) is 5.71. The molecule has 5 heteroatoms. The van der Waals surface area contributed by atoms with Gasteiger partial charge in [-0.1, -0.05) is 48.1 Å². The Morgan fingerprint density at radius 1 is 1.03 bits per heavy atom. The van der Waals surface area contributed by atoms with E-state index in [1.54, 1.807) is 29.1 Å². The summed E-state index contributed by atoms with van der Waals surface area (Å²) in [4.78, 5) is 0.317. The van der Waals surface area contributed by atoms with Crippen LogP contribution < -0.4 is 15.0 Å². The first kappa shape index (κ1) is 20.7. The number of aliphatic hydroxyl groups excluding tert-OH is 1. The summed E-state index contributed by atoms with van der Waals surface area (Å²) < 4.78 is 1.67. The lowest BCUT2D eigenvalue weighted by atomic mass is 10.0. The van der Waals surface area contributed by atoms with Crippen LogP contribution in [0.5, 0.6) is 0 Å². The van der Waals surface area contributed by atoms with Crippen molar-refractivity contribution in [2.24, 2.45) is 0 Å². The minimum atomic E-state index is -0.183. The molecule has 0 aliphatic rings. The molecule has 3 aromatic rings. The summed E-state index contributed by atoms with van der Waals surface area (Å²) in [5, 5.41) is 26.1. The molecule has 0 saturated carbocycles. The quantitative estimate of drug-likeness (QED) is 0.296. The number of aromatic nitrogens is 1. The van der Waals surface area contributed by atoms with E-state index in [1.807, 2.05) is 63.2 Å². The first-order valence-electron chi connectivity index (χ1n) is 9.37. The Morgan fingerprint density at radius 3 is 2.41 bits per heavy atom. The van der Waals surface area contributed by atoms with Gasteiger partial charge >= 0.3 is 0 Å². The molecule has 1 heterocycles. The molecule has 0 aliphatic heterocycles. The molecule has 0 fully saturated rings. The molecule has 0 saturated heterocycles. The standard InChI is InChI=1S/C24H24N2O2S/c1-16-6-10-21(11-7-16)25-24(29)22(26-12-4-5-19(14-26)15-27)23(28)20-9-8-17(2)18(3)13-20/h4-14,27H,15H2,1-3H3,(H-,25,28,29). The molecule has 0 amide bonds. The van der Waals surface area contributed by atoms with Crippen LogP contribution in [-0.2, 0) is 6.61 Å². The van der Waals surface area contributed by atoms with E-state index in [9.17, 15) is 10.2 Å². The predicted molar refractivity (Wildman–Crippen MR) is 119 cm³/mol. The Hall–Kier alpha value is -3.02.